The minimum Gasteiger partial charge on any atom is -0.478 e. The van der Waals surface area contributed by atoms with Gasteiger partial charge in [-0.1, -0.05) is 30.9 Å². The van der Waals surface area contributed by atoms with Gasteiger partial charge in [-0.15, -0.1) is 34.0 Å². The first-order valence-corrected chi connectivity index (χ1v) is 9.38. The van der Waals surface area contributed by atoms with Crippen molar-refractivity contribution in [3.05, 3.63) is 79.8 Å². The number of carbonyl (C=O) groups is 2. The standard InChI is InChI=1S/C7H6O2S.C6H6S.C5H4OS/c8-7(9)4-3-6-2-1-5-10-6;1-2-6-4-3-5-7-6;6-4-5-2-1-3-7-5/h1-5H,(H,8,9);2-5H,1H2;1-4H/b4-3+;;. The largest absolute Gasteiger partial charge is 0.478 e. The highest BCUT2D eigenvalue weighted by atomic mass is 32.1. The van der Waals surface area contributed by atoms with E-state index < -0.39 is 5.97 Å². The van der Waals surface area contributed by atoms with Crippen LogP contribution in [0.5, 0.6) is 0 Å². The van der Waals surface area contributed by atoms with Gasteiger partial charge in [0.05, 0.1) is 4.88 Å². The molecule has 0 atom stereocenters. The van der Waals surface area contributed by atoms with Crippen molar-refractivity contribution in [2.24, 2.45) is 0 Å². The Labute approximate surface area is 152 Å². The molecule has 3 aromatic rings. The molecule has 0 aliphatic carbocycles. The van der Waals surface area contributed by atoms with Gasteiger partial charge in [0.15, 0.2) is 6.29 Å². The third-order valence-electron chi connectivity index (χ3n) is 2.34. The molecule has 0 aliphatic rings. The molecule has 0 aliphatic heterocycles. The summed E-state index contributed by atoms with van der Waals surface area (Å²) in [6.07, 6.45) is 5.41. The van der Waals surface area contributed by atoms with E-state index >= 15 is 0 Å². The molecule has 3 rings (SSSR count). The van der Waals surface area contributed by atoms with Crippen molar-refractivity contribution < 1.29 is 14.7 Å². The fraction of sp³-hybridized carbons (Fsp3) is 0. The Morgan fingerprint density at radius 3 is 1.71 bits per heavy atom. The summed E-state index contributed by atoms with van der Waals surface area (Å²) in [5, 5.41) is 14.1. The van der Waals surface area contributed by atoms with Crippen molar-refractivity contribution in [3.8, 4) is 0 Å². The van der Waals surface area contributed by atoms with Gasteiger partial charge in [0.1, 0.15) is 0 Å². The van der Waals surface area contributed by atoms with Crippen LogP contribution in [0.2, 0.25) is 0 Å². The molecule has 3 aromatic heterocycles. The first-order chi connectivity index (χ1) is 11.7. The summed E-state index contributed by atoms with van der Waals surface area (Å²) in [5.74, 6) is -0.909. The lowest BCUT2D eigenvalue weighted by molar-refractivity contribution is -0.131. The van der Waals surface area contributed by atoms with Gasteiger partial charge in [0.2, 0.25) is 0 Å². The summed E-state index contributed by atoms with van der Waals surface area (Å²) in [5.41, 5.74) is 0. The zero-order valence-electron chi connectivity index (χ0n) is 12.7. The van der Waals surface area contributed by atoms with Crippen LogP contribution in [0.4, 0.5) is 0 Å². The number of aliphatic carboxylic acids is 1. The van der Waals surface area contributed by atoms with Crippen molar-refractivity contribution in [1.29, 1.82) is 0 Å². The van der Waals surface area contributed by atoms with Crippen LogP contribution in [-0.4, -0.2) is 17.4 Å². The van der Waals surface area contributed by atoms with Crippen LogP contribution in [-0.2, 0) is 4.79 Å². The normalized spacial score (nSPS) is 9.33. The number of aldehydes is 1. The summed E-state index contributed by atoms with van der Waals surface area (Å²) in [7, 11) is 0. The zero-order valence-corrected chi connectivity index (χ0v) is 15.2. The molecule has 0 saturated heterocycles. The molecule has 0 saturated carbocycles. The van der Waals surface area contributed by atoms with E-state index in [1.165, 1.54) is 27.6 Å². The van der Waals surface area contributed by atoms with Gasteiger partial charge in [-0.05, 0) is 40.4 Å². The molecule has 1 N–H and O–H groups in total. The Bertz CT molecular complexity index is 686. The molecule has 124 valence electrons. The highest BCUT2D eigenvalue weighted by Gasteiger charge is 1.87. The number of hydrogen-bond acceptors (Lipinski definition) is 5. The van der Waals surface area contributed by atoms with Crippen LogP contribution in [0.25, 0.3) is 12.2 Å². The first kappa shape index (κ1) is 19.8. The first-order valence-electron chi connectivity index (χ1n) is 6.75. The number of hydrogen-bond donors (Lipinski definition) is 1. The summed E-state index contributed by atoms with van der Waals surface area (Å²) < 4.78 is 0. The molecule has 0 unspecified atom stereocenters. The van der Waals surface area contributed by atoms with Crippen LogP contribution in [0.3, 0.4) is 0 Å². The van der Waals surface area contributed by atoms with Crippen molar-refractivity contribution in [2.75, 3.05) is 0 Å². The average Bonchev–Trinajstić information content (AvgIpc) is 3.37. The zero-order chi connectivity index (χ0) is 17.6. The third-order valence-corrected chi connectivity index (χ3v) is 4.84. The maximum Gasteiger partial charge on any atom is 0.328 e. The molecule has 0 radical (unpaired) electrons. The molecular formula is C18H16O3S3. The summed E-state index contributed by atoms with van der Waals surface area (Å²) in [6.45, 7) is 3.61. The third kappa shape index (κ3) is 8.99. The monoisotopic (exact) mass is 376 g/mol. The smallest absolute Gasteiger partial charge is 0.328 e. The van der Waals surface area contributed by atoms with Gasteiger partial charge in [0.25, 0.3) is 0 Å². The van der Waals surface area contributed by atoms with Crippen LogP contribution >= 0.6 is 34.0 Å². The Kier molecular flexibility index (Phi) is 10.0. The fourth-order valence-electron chi connectivity index (χ4n) is 1.31. The van der Waals surface area contributed by atoms with Crippen LogP contribution < -0.4 is 0 Å². The maximum atomic E-state index is 10.0. The number of rotatable bonds is 4. The number of carboxylic acids is 1. The van der Waals surface area contributed by atoms with Gasteiger partial charge in [-0.2, -0.15) is 0 Å². The van der Waals surface area contributed by atoms with Gasteiger partial charge >= 0.3 is 5.97 Å². The highest BCUT2D eigenvalue weighted by molar-refractivity contribution is 7.11. The molecule has 0 bridgehead atoms. The molecule has 3 heterocycles. The van der Waals surface area contributed by atoms with Gasteiger partial charge in [0, 0.05) is 15.8 Å². The van der Waals surface area contributed by atoms with Crippen LogP contribution in [0, 0.1) is 0 Å². The van der Waals surface area contributed by atoms with Gasteiger partial charge < -0.3 is 5.11 Å². The molecule has 3 nitrogen and oxygen atoms in total. The molecule has 0 aromatic carbocycles. The lowest BCUT2D eigenvalue weighted by Gasteiger charge is -1.78. The predicted molar refractivity (Wildman–Crippen MR) is 105 cm³/mol. The summed E-state index contributed by atoms with van der Waals surface area (Å²) in [6, 6.07) is 11.4. The van der Waals surface area contributed by atoms with Crippen molar-refractivity contribution in [2.45, 2.75) is 0 Å². The number of carboxylic acid groups (broad SMARTS) is 1. The lowest BCUT2D eigenvalue weighted by Crippen LogP contribution is -1.84. The van der Waals surface area contributed by atoms with E-state index in [2.05, 4.69) is 6.58 Å². The molecule has 0 amide bonds. The van der Waals surface area contributed by atoms with E-state index in [-0.39, 0.29) is 0 Å². The molecule has 0 fully saturated rings. The maximum absolute atomic E-state index is 10.0. The Morgan fingerprint density at radius 2 is 1.42 bits per heavy atom. The Hall–Kier alpha value is -2.28. The van der Waals surface area contributed by atoms with Crippen LogP contribution in [0.15, 0.2) is 65.2 Å². The minimum absolute atomic E-state index is 0.792. The Balaban J connectivity index is 0.000000185. The summed E-state index contributed by atoms with van der Waals surface area (Å²) in [4.78, 5) is 22.9. The van der Waals surface area contributed by atoms with Crippen LogP contribution in [0.1, 0.15) is 19.4 Å². The lowest BCUT2D eigenvalue weighted by atomic mass is 10.4. The predicted octanol–water partition coefficient (Wildman–Crippen LogP) is 5.80. The van der Waals surface area contributed by atoms with E-state index in [4.69, 9.17) is 5.11 Å². The molecule has 0 spiro atoms. The second-order valence-corrected chi connectivity index (χ2v) is 6.98. The second-order valence-electron chi connectivity index (χ2n) is 4.04. The van der Waals surface area contributed by atoms with E-state index in [1.807, 2.05) is 52.5 Å². The molecule has 6 heteroatoms. The second kappa shape index (κ2) is 12.2. The van der Waals surface area contributed by atoms with Gasteiger partial charge in [-0.3, -0.25) is 4.79 Å². The SMILES string of the molecule is C=Cc1cccs1.O=C(O)/C=C/c1cccs1.O=Cc1cccs1. The number of thiophene rings is 3. The minimum atomic E-state index is -0.909. The van der Waals surface area contributed by atoms with E-state index in [0.717, 1.165) is 22.1 Å². The van der Waals surface area contributed by atoms with Crippen molar-refractivity contribution >= 4 is 58.4 Å². The van der Waals surface area contributed by atoms with Gasteiger partial charge in [-0.25, -0.2) is 4.79 Å². The quantitative estimate of drug-likeness (QED) is 0.462. The van der Waals surface area contributed by atoms with E-state index in [9.17, 15) is 9.59 Å². The summed E-state index contributed by atoms with van der Waals surface area (Å²) >= 11 is 4.67. The van der Waals surface area contributed by atoms with Crippen molar-refractivity contribution in [3.63, 3.8) is 0 Å². The number of carbonyl (C=O) groups excluding carboxylic acids is 1. The molecular weight excluding hydrogens is 360 g/mol. The average molecular weight is 377 g/mol. The van der Waals surface area contributed by atoms with Crippen molar-refractivity contribution in [1.82, 2.24) is 0 Å². The van der Waals surface area contributed by atoms with E-state index in [1.54, 1.807) is 23.5 Å². The highest BCUT2D eigenvalue weighted by Crippen LogP contribution is 2.09. The topological polar surface area (TPSA) is 54.4 Å². The van der Waals surface area contributed by atoms with E-state index in [0.29, 0.717) is 0 Å². The molecule has 24 heavy (non-hydrogen) atoms. The fourth-order valence-corrected chi connectivity index (χ4v) is 3.02. The Morgan fingerprint density at radius 1 is 0.917 bits per heavy atom.